The molecule has 0 rings (SSSR count). The molecule has 0 saturated carbocycles. The van der Waals surface area contributed by atoms with E-state index in [0.29, 0.717) is 11.8 Å². The standard InChI is InChI=1S/C3H5Cl3.Fe/c4-1-3(6)2-5;/h3H,1-2H2;. The third kappa shape index (κ3) is 7.39. The largest absolute Gasteiger partial charge is 0.125 e. The molecule has 0 spiro atoms. The van der Waals surface area contributed by atoms with Gasteiger partial charge in [0.2, 0.25) is 0 Å². The zero-order valence-electron chi connectivity index (χ0n) is 3.48. The molecular weight excluding hydrogens is 198 g/mol. The van der Waals surface area contributed by atoms with Crippen molar-refractivity contribution in [2.45, 2.75) is 5.38 Å². The average Bonchev–Trinajstić information content (AvgIpc) is 1.65. The van der Waals surface area contributed by atoms with Crippen LogP contribution in [0.2, 0.25) is 0 Å². The van der Waals surface area contributed by atoms with Gasteiger partial charge in [0.05, 0.1) is 5.38 Å². The second-order valence-corrected chi connectivity index (χ2v) is 2.14. The Morgan fingerprint density at radius 1 is 1.14 bits per heavy atom. The molecule has 0 aliphatic heterocycles. The molecule has 0 aliphatic rings. The maximum atomic E-state index is 5.39. The molecule has 0 amide bonds. The van der Waals surface area contributed by atoms with E-state index in [2.05, 4.69) is 0 Å². The smallest absolute Gasteiger partial charge is 0.0606 e. The molecule has 4 heteroatoms. The van der Waals surface area contributed by atoms with Crippen molar-refractivity contribution < 1.29 is 17.1 Å². The Kier molecular flexibility index (Phi) is 11.8. The summed E-state index contributed by atoms with van der Waals surface area (Å²) in [7, 11) is 0. The Morgan fingerprint density at radius 2 is 1.43 bits per heavy atom. The first kappa shape index (κ1) is 11.2. The molecule has 0 aliphatic carbocycles. The fourth-order valence-electron chi connectivity index (χ4n) is 0.0412. The summed E-state index contributed by atoms with van der Waals surface area (Å²) >= 11 is 15.9. The number of rotatable bonds is 2. The predicted molar refractivity (Wildman–Crippen MR) is 31.1 cm³/mol. The summed E-state index contributed by atoms with van der Waals surface area (Å²) in [4.78, 5) is 0. The van der Waals surface area contributed by atoms with Gasteiger partial charge < -0.3 is 0 Å². The maximum Gasteiger partial charge on any atom is 0.0606 e. The van der Waals surface area contributed by atoms with Gasteiger partial charge in [0, 0.05) is 28.8 Å². The molecule has 0 saturated heterocycles. The number of hydrogen-bond acceptors (Lipinski definition) is 0. The van der Waals surface area contributed by atoms with Gasteiger partial charge in [-0.1, -0.05) is 0 Å². The van der Waals surface area contributed by atoms with Crippen LogP contribution >= 0.6 is 34.8 Å². The van der Waals surface area contributed by atoms with E-state index in [1.54, 1.807) is 0 Å². The molecule has 0 N–H and O–H groups in total. The first-order valence-corrected chi connectivity index (χ1v) is 3.07. The molecule has 0 aromatic rings. The van der Waals surface area contributed by atoms with E-state index < -0.39 is 0 Å². The average molecular weight is 203 g/mol. The summed E-state index contributed by atoms with van der Waals surface area (Å²) in [5, 5.41) is -0.0617. The summed E-state index contributed by atoms with van der Waals surface area (Å²) < 4.78 is 0. The van der Waals surface area contributed by atoms with Crippen LogP contribution in [0.3, 0.4) is 0 Å². The van der Waals surface area contributed by atoms with E-state index in [1.165, 1.54) is 0 Å². The van der Waals surface area contributed by atoms with E-state index in [1.807, 2.05) is 0 Å². The predicted octanol–water partition coefficient (Wildman–Crippen LogP) is 2.07. The number of alkyl halides is 3. The van der Waals surface area contributed by atoms with Gasteiger partial charge in [-0.15, -0.1) is 34.8 Å². The molecule has 0 atom stereocenters. The van der Waals surface area contributed by atoms with Crippen LogP contribution in [0.1, 0.15) is 0 Å². The molecule has 0 heterocycles. The Morgan fingerprint density at radius 3 is 1.43 bits per heavy atom. The minimum absolute atomic E-state index is 0. The minimum atomic E-state index is -0.0617. The van der Waals surface area contributed by atoms with Gasteiger partial charge in [0.15, 0.2) is 0 Å². The Bertz CT molecular complexity index is 29.4. The van der Waals surface area contributed by atoms with Gasteiger partial charge in [-0.05, 0) is 0 Å². The Balaban J connectivity index is 0. The fourth-order valence-corrected chi connectivity index (χ4v) is 0.371. The maximum absolute atomic E-state index is 5.39. The molecule has 46 valence electrons. The molecule has 0 aromatic carbocycles. The van der Waals surface area contributed by atoms with Crippen LogP contribution in [0.5, 0.6) is 0 Å². The molecular formula is C3H5Cl3Fe. The normalized spacial score (nSPS) is 8.57. The van der Waals surface area contributed by atoms with Crippen molar-refractivity contribution in [3.05, 3.63) is 0 Å². The second-order valence-electron chi connectivity index (χ2n) is 0.906. The summed E-state index contributed by atoms with van der Waals surface area (Å²) in [6.45, 7) is 0. The van der Waals surface area contributed by atoms with Gasteiger partial charge in [-0.2, -0.15) is 0 Å². The minimum Gasteiger partial charge on any atom is -0.125 e. The van der Waals surface area contributed by atoms with Gasteiger partial charge in [-0.3, -0.25) is 0 Å². The quantitative estimate of drug-likeness (QED) is 0.476. The molecule has 0 bridgehead atoms. The zero-order chi connectivity index (χ0) is 4.99. The van der Waals surface area contributed by atoms with Crippen LogP contribution in [-0.4, -0.2) is 17.1 Å². The van der Waals surface area contributed by atoms with E-state index in [-0.39, 0.29) is 22.4 Å². The van der Waals surface area contributed by atoms with Gasteiger partial charge in [0.1, 0.15) is 0 Å². The fraction of sp³-hybridized carbons (Fsp3) is 1.00. The van der Waals surface area contributed by atoms with Gasteiger partial charge in [0.25, 0.3) is 0 Å². The molecule has 7 heavy (non-hydrogen) atoms. The van der Waals surface area contributed by atoms with Crippen LogP contribution in [0, 0.1) is 0 Å². The molecule has 0 aromatic heterocycles. The van der Waals surface area contributed by atoms with Crippen molar-refractivity contribution >= 4 is 34.8 Å². The van der Waals surface area contributed by atoms with E-state index in [0.717, 1.165) is 0 Å². The Hall–Kier alpha value is 1.39. The van der Waals surface area contributed by atoms with Crippen molar-refractivity contribution in [1.82, 2.24) is 0 Å². The van der Waals surface area contributed by atoms with Crippen LogP contribution in [-0.2, 0) is 17.1 Å². The number of hydrogen-bond donors (Lipinski definition) is 0. The zero-order valence-corrected chi connectivity index (χ0v) is 6.85. The Labute approximate surface area is 69.0 Å². The summed E-state index contributed by atoms with van der Waals surface area (Å²) in [5.74, 6) is 0.871. The van der Waals surface area contributed by atoms with Crippen molar-refractivity contribution in [3.63, 3.8) is 0 Å². The molecule has 0 nitrogen and oxygen atoms in total. The summed E-state index contributed by atoms with van der Waals surface area (Å²) in [6.07, 6.45) is 0. The van der Waals surface area contributed by atoms with Gasteiger partial charge in [-0.25, -0.2) is 0 Å². The van der Waals surface area contributed by atoms with Crippen LogP contribution < -0.4 is 0 Å². The topological polar surface area (TPSA) is 0 Å². The molecule has 0 unspecified atom stereocenters. The SMILES string of the molecule is ClCC(Cl)CCl.[Fe]. The van der Waals surface area contributed by atoms with Crippen molar-refractivity contribution in [3.8, 4) is 0 Å². The van der Waals surface area contributed by atoms with E-state index >= 15 is 0 Å². The summed E-state index contributed by atoms with van der Waals surface area (Å²) in [5.41, 5.74) is 0. The van der Waals surface area contributed by atoms with Crippen LogP contribution in [0.4, 0.5) is 0 Å². The monoisotopic (exact) mass is 202 g/mol. The van der Waals surface area contributed by atoms with Crippen LogP contribution in [0.15, 0.2) is 0 Å². The van der Waals surface area contributed by atoms with Gasteiger partial charge >= 0.3 is 0 Å². The first-order chi connectivity index (χ1) is 2.81. The van der Waals surface area contributed by atoms with Crippen molar-refractivity contribution in [1.29, 1.82) is 0 Å². The summed E-state index contributed by atoms with van der Waals surface area (Å²) in [6, 6.07) is 0. The van der Waals surface area contributed by atoms with Crippen molar-refractivity contribution in [2.24, 2.45) is 0 Å². The molecule has 0 fully saturated rings. The van der Waals surface area contributed by atoms with Crippen LogP contribution in [0.25, 0.3) is 0 Å². The number of halogens is 3. The van der Waals surface area contributed by atoms with E-state index in [4.69, 9.17) is 34.8 Å². The third-order valence-corrected chi connectivity index (χ3v) is 1.70. The first-order valence-electron chi connectivity index (χ1n) is 1.57. The third-order valence-electron chi connectivity index (χ3n) is 0.335. The second kappa shape index (κ2) is 7.39. The van der Waals surface area contributed by atoms with Crippen molar-refractivity contribution in [2.75, 3.05) is 11.8 Å². The molecule has 0 radical (unpaired) electrons. The van der Waals surface area contributed by atoms with E-state index in [9.17, 15) is 0 Å².